The molecule has 26 heavy (non-hydrogen) atoms. The summed E-state index contributed by atoms with van der Waals surface area (Å²) in [6, 6.07) is 11.3. The van der Waals surface area contributed by atoms with Gasteiger partial charge in [-0.3, -0.25) is 19.7 Å². The zero-order valence-electron chi connectivity index (χ0n) is 13.9. The number of nitro groups is 1. The Morgan fingerprint density at radius 3 is 2.23 bits per heavy atom. The van der Waals surface area contributed by atoms with Gasteiger partial charge in [0.2, 0.25) is 5.91 Å². The monoisotopic (exact) mass is 359 g/mol. The molecule has 0 saturated heterocycles. The number of hydrogen-bond donors (Lipinski definition) is 2. The topological polar surface area (TPSA) is 101 Å². The average Bonchev–Trinajstić information content (AvgIpc) is 2.63. The van der Waals surface area contributed by atoms with Crippen molar-refractivity contribution in [3.8, 4) is 0 Å². The summed E-state index contributed by atoms with van der Waals surface area (Å²) in [5.74, 6) is -0.920. The minimum absolute atomic E-state index is 0.0953. The quantitative estimate of drug-likeness (QED) is 0.557. The van der Waals surface area contributed by atoms with Crippen LogP contribution < -0.4 is 10.6 Å². The molecule has 0 aliphatic carbocycles. The van der Waals surface area contributed by atoms with E-state index < -0.39 is 10.8 Å². The molecule has 0 atom stereocenters. The lowest BCUT2D eigenvalue weighted by Crippen LogP contribution is -2.31. The molecule has 2 N–H and O–H groups in total. The molecule has 0 aromatic heterocycles. The second-order valence-corrected chi connectivity index (χ2v) is 5.54. The third-order valence-electron chi connectivity index (χ3n) is 3.63. The molecule has 0 radical (unpaired) electrons. The van der Waals surface area contributed by atoms with Crippen molar-refractivity contribution in [1.29, 1.82) is 0 Å². The summed E-state index contributed by atoms with van der Waals surface area (Å²) in [6.07, 6.45) is 0.698. The highest BCUT2D eigenvalue weighted by Gasteiger charge is 2.09. The first kappa shape index (κ1) is 19.0. The van der Waals surface area contributed by atoms with E-state index >= 15 is 0 Å². The fourth-order valence-corrected chi connectivity index (χ4v) is 2.21. The summed E-state index contributed by atoms with van der Waals surface area (Å²) >= 11 is 0. The molecule has 0 aliphatic heterocycles. The number of nitrogens with one attached hydrogen (secondary N) is 2. The van der Waals surface area contributed by atoms with E-state index in [0.29, 0.717) is 13.0 Å². The van der Waals surface area contributed by atoms with Gasteiger partial charge in [0.15, 0.2) is 0 Å². The molecular formula is C18H18FN3O4. The van der Waals surface area contributed by atoms with Crippen molar-refractivity contribution in [1.82, 2.24) is 10.6 Å². The van der Waals surface area contributed by atoms with Gasteiger partial charge < -0.3 is 10.6 Å². The fraction of sp³-hybridized carbons (Fsp3) is 0.222. The van der Waals surface area contributed by atoms with Crippen LogP contribution in [-0.4, -0.2) is 29.8 Å². The maximum atomic E-state index is 12.8. The number of rotatable bonds is 8. The van der Waals surface area contributed by atoms with Crippen LogP contribution in [0.5, 0.6) is 0 Å². The molecule has 2 aromatic carbocycles. The number of halogens is 1. The van der Waals surface area contributed by atoms with E-state index in [1.807, 2.05) is 0 Å². The standard InChI is InChI=1S/C18H18FN3O4/c19-15-5-1-13(2-6-15)9-11-20-17(23)10-12-21-18(24)14-3-7-16(8-4-14)22(25)26/h1-8H,9-12H2,(H,20,23)(H,21,24). The first-order valence-corrected chi connectivity index (χ1v) is 7.99. The molecule has 0 bridgehead atoms. The van der Waals surface area contributed by atoms with Gasteiger partial charge in [-0.05, 0) is 36.2 Å². The van der Waals surface area contributed by atoms with Crippen LogP contribution in [0.1, 0.15) is 22.3 Å². The van der Waals surface area contributed by atoms with Crippen LogP contribution in [0.25, 0.3) is 0 Å². The van der Waals surface area contributed by atoms with E-state index in [-0.39, 0.29) is 35.9 Å². The Hall–Kier alpha value is -3.29. The summed E-state index contributed by atoms with van der Waals surface area (Å²) in [7, 11) is 0. The van der Waals surface area contributed by atoms with Gasteiger partial charge in [0.05, 0.1) is 4.92 Å². The predicted molar refractivity (Wildman–Crippen MR) is 93.2 cm³/mol. The predicted octanol–water partition coefficient (Wildman–Crippen LogP) is 2.21. The molecule has 0 spiro atoms. The van der Waals surface area contributed by atoms with Crippen LogP contribution in [-0.2, 0) is 11.2 Å². The second kappa shape index (κ2) is 9.26. The molecule has 7 nitrogen and oxygen atoms in total. The summed E-state index contributed by atoms with van der Waals surface area (Å²) in [4.78, 5) is 33.6. The minimum atomic E-state index is -0.544. The van der Waals surface area contributed by atoms with E-state index in [4.69, 9.17) is 0 Å². The zero-order valence-corrected chi connectivity index (χ0v) is 13.9. The van der Waals surface area contributed by atoms with Crippen LogP contribution in [0, 0.1) is 15.9 Å². The second-order valence-electron chi connectivity index (χ2n) is 5.54. The lowest BCUT2D eigenvalue weighted by Gasteiger charge is -2.07. The van der Waals surface area contributed by atoms with Crippen molar-refractivity contribution in [2.75, 3.05) is 13.1 Å². The summed E-state index contributed by atoms with van der Waals surface area (Å²) in [5, 5.41) is 15.9. The summed E-state index contributed by atoms with van der Waals surface area (Å²) in [6.45, 7) is 0.568. The van der Waals surface area contributed by atoms with Crippen LogP contribution in [0.15, 0.2) is 48.5 Å². The average molecular weight is 359 g/mol. The van der Waals surface area contributed by atoms with E-state index in [1.165, 1.54) is 36.4 Å². The number of benzene rings is 2. The van der Waals surface area contributed by atoms with Gasteiger partial charge in [-0.25, -0.2) is 4.39 Å². The smallest absolute Gasteiger partial charge is 0.269 e. The molecule has 0 unspecified atom stereocenters. The number of hydrogen-bond acceptors (Lipinski definition) is 4. The van der Waals surface area contributed by atoms with E-state index in [0.717, 1.165) is 5.56 Å². The van der Waals surface area contributed by atoms with Gasteiger partial charge in [-0.15, -0.1) is 0 Å². The van der Waals surface area contributed by atoms with Gasteiger partial charge in [0, 0.05) is 37.2 Å². The first-order chi connectivity index (χ1) is 12.5. The van der Waals surface area contributed by atoms with Crippen LogP contribution in [0.2, 0.25) is 0 Å². The van der Waals surface area contributed by atoms with Crippen molar-refractivity contribution in [3.63, 3.8) is 0 Å². The lowest BCUT2D eigenvalue weighted by molar-refractivity contribution is -0.384. The van der Waals surface area contributed by atoms with Crippen molar-refractivity contribution >= 4 is 17.5 Å². The highest BCUT2D eigenvalue weighted by molar-refractivity contribution is 5.94. The molecule has 0 saturated carbocycles. The first-order valence-electron chi connectivity index (χ1n) is 7.99. The molecule has 136 valence electrons. The van der Waals surface area contributed by atoms with E-state index in [1.54, 1.807) is 12.1 Å². The maximum Gasteiger partial charge on any atom is 0.269 e. The lowest BCUT2D eigenvalue weighted by atomic mass is 10.1. The Morgan fingerprint density at radius 1 is 0.962 bits per heavy atom. The Kier molecular flexibility index (Phi) is 6.78. The molecular weight excluding hydrogens is 341 g/mol. The van der Waals surface area contributed by atoms with E-state index in [9.17, 15) is 24.1 Å². The number of carbonyl (C=O) groups excluding carboxylic acids is 2. The largest absolute Gasteiger partial charge is 0.356 e. The molecule has 0 heterocycles. The van der Waals surface area contributed by atoms with Crippen molar-refractivity contribution in [2.24, 2.45) is 0 Å². The Balaban J connectivity index is 1.66. The van der Waals surface area contributed by atoms with Crippen LogP contribution >= 0.6 is 0 Å². The number of carbonyl (C=O) groups is 2. The van der Waals surface area contributed by atoms with Crippen molar-refractivity contribution < 1.29 is 18.9 Å². The Morgan fingerprint density at radius 2 is 1.62 bits per heavy atom. The highest BCUT2D eigenvalue weighted by atomic mass is 19.1. The Bertz CT molecular complexity index is 776. The maximum absolute atomic E-state index is 12.8. The fourth-order valence-electron chi connectivity index (χ4n) is 2.21. The van der Waals surface area contributed by atoms with Gasteiger partial charge in [-0.2, -0.15) is 0 Å². The number of amides is 2. The molecule has 0 fully saturated rings. The molecule has 2 rings (SSSR count). The third kappa shape index (κ3) is 5.97. The molecule has 8 heteroatoms. The SMILES string of the molecule is O=C(CCNC(=O)c1ccc([N+](=O)[O-])cc1)NCCc1ccc(F)cc1. The summed E-state index contributed by atoms with van der Waals surface area (Å²) in [5.41, 5.74) is 1.10. The van der Waals surface area contributed by atoms with Crippen LogP contribution in [0.4, 0.5) is 10.1 Å². The summed E-state index contributed by atoms with van der Waals surface area (Å²) < 4.78 is 12.8. The molecule has 2 aromatic rings. The van der Waals surface area contributed by atoms with Gasteiger partial charge >= 0.3 is 0 Å². The van der Waals surface area contributed by atoms with Gasteiger partial charge in [0.25, 0.3) is 11.6 Å². The zero-order chi connectivity index (χ0) is 18.9. The molecule has 2 amide bonds. The van der Waals surface area contributed by atoms with E-state index in [2.05, 4.69) is 10.6 Å². The Labute approximate surface area is 149 Å². The third-order valence-corrected chi connectivity index (χ3v) is 3.63. The molecule has 0 aliphatic rings. The number of nitrogens with zero attached hydrogens (tertiary/aromatic N) is 1. The van der Waals surface area contributed by atoms with Crippen molar-refractivity contribution in [2.45, 2.75) is 12.8 Å². The highest BCUT2D eigenvalue weighted by Crippen LogP contribution is 2.11. The number of non-ortho nitro benzene ring substituents is 1. The normalized spacial score (nSPS) is 10.2. The van der Waals surface area contributed by atoms with Gasteiger partial charge in [-0.1, -0.05) is 12.1 Å². The van der Waals surface area contributed by atoms with Crippen LogP contribution in [0.3, 0.4) is 0 Å². The number of nitro benzene ring substituents is 1. The van der Waals surface area contributed by atoms with Crippen molar-refractivity contribution in [3.05, 3.63) is 75.6 Å². The minimum Gasteiger partial charge on any atom is -0.356 e. The van der Waals surface area contributed by atoms with Gasteiger partial charge in [0.1, 0.15) is 5.82 Å².